The summed E-state index contributed by atoms with van der Waals surface area (Å²) in [5, 5.41) is 3.58. The van der Waals surface area contributed by atoms with Crippen molar-refractivity contribution in [2.24, 2.45) is 5.92 Å². The molecular formula is C17H27N3. The van der Waals surface area contributed by atoms with E-state index in [9.17, 15) is 0 Å². The Hall–Kier alpha value is -1.09. The molecule has 2 heterocycles. The van der Waals surface area contributed by atoms with Crippen LogP contribution in [0.3, 0.4) is 0 Å². The molecule has 20 heavy (non-hydrogen) atoms. The molecule has 2 fully saturated rings. The van der Waals surface area contributed by atoms with Crippen molar-refractivity contribution in [2.45, 2.75) is 58.5 Å². The van der Waals surface area contributed by atoms with Gasteiger partial charge in [-0.1, -0.05) is 19.4 Å². The number of hydrogen-bond donors (Lipinski definition) is 1. The van der Waals surface area contributed by atoms with Crippen LogP contribution in [0.15, 0.2) is 12.1 Å². The molecule has 110 valence electrons. The van der Waals surface area contributed by atoms with Gasteiger partial charge in [-0.25, -0.2) is 4.98 Å². The number of pyridine rings is 1. The highest BCUT2D eigenvalue weighted by Gasteiger charge is 2.21. The van der Waals surface area contributed by atoms with E-state index in [4.69, 9.17) is 4.98 Å². The Balaban J connectivity index is 1.65. The van der Waals surface area contributed by atoms with Crippen LogP contribution in [0.25, 0.3) is 0 Å². The number of hydrogen-bond acceptors (Lipinski definition) is 3. The van der Waals surface area contributed by atoms with Gasteiger partial charge in [0.2, 0.25) is 0 Å². The number of piperidine rings is 1. The van der Waals surface area contributed by atoms with Crippen molar-refractivity contribution in [3.05, 3.63) is 23.4 Å². The molecule has 0 amide bonds. The lowest BCUT2D eigenvalue weighted by molar-refractivity contribution is 0.403. The molecule has 0 radical (unpaired) electrons. The molecule has 1 atom stereocenters. The van der Waals surface area contributed by atoms with E-state index >= 15 is 0 Å². The number of anilines is 1. The van der Waals surface area contributed by atoms with Crippen LogP contribution in [0.1, 0.15) is 50.3 Å². The summed E-state index contributed by atoms with van der Waals surface area (Å²) in [6.07, 6.45) is 6.67. The standard InChI is InChI=1S/C17H27N3/c1-3-14-5-4-10-20(12-14)17-9-6-15(13(2)19-17)11-18-16-7-8-16/h6,9,14,16,18H,3-5,7-8,10-12H2,1-2H3. The molecule has 1 aliphatic heterocycles. The maximum absolute atomic E-state index is 4.85. The van der Waals surface area contributed by atoms with Gasteiger partial charge in [0, 0.05) is 31.4 Å². The second-order valence-electron chi connectivity index (χ2n) is 6.43. The van der Waals surface area contributed by atoms with E-state index in [1.807, 2.05) is 0 Å². The van der Waals surface area contributed by atoms with Crippen molar-refractivity contribution >= 4 is 5.82 Å². The lowest BCUT2D eigenvalue weighted by Crippen LogP contribution is -2.35. The van der Waals surface area contributed by atoms with Gasteiger partial charge in [-0.05, 0) is 50.2 Å². The molecule has 0 bridgehead atoms. The molecule has 1 aromatic rings. The highest BCUT2D eigenvalue weighted by atomic mass is 15.2. The summed E-state index contributed by atoms with van der Waals surface area (Å²) in [4.78, 5) is 7.32. The third kappa shape index (κ3) is 3.32. The lowest BCUT2D eigenvalue weighted by Gasteiger charge is -2.33. The summed E-state index contributed by atoms with van der Waals surface area (Å²) in [7, 11) is 0. The molecule has 1 saturated heterocycles. The first-order chi connectivity index (χ1) is 9.76. The van der Waals surface area contributed by atoms with E-state index in [1.165, 1.54) is 62.3 Å². The van der Waals surface area contributed by atoms with Crippen LogP contribution in [0.4, 0.5) is 5.82 Å². The first-order valence-corrected chi connectivity index (χ1v) is 8.21. The van der Waals surface area contributed by atoms with E-state index in [1.54, 1.807) is 0 Å². The van der Waals surface area contributed by atoms with Gasteiger partial charge >= 0.3 is 0 Å². The molecule has 1 saturated carbocycles. The van der Waals surface area contributed by atoms with Crippen LogP contribution in [0, 0.1) is 12.8 Å². The summed E-state index contributed by atoms with van der Waals surface area (Å²) >= 11 is 0. The van der Waals surface area contributed by atoms with Crippen LogP contribution < -0.4 is 10.2 Å². The summed E-state index contributed by atoms with van der Waals surface area (Å²) in [6.45, 7) is 7.78. The van der Waals surface area contributed by atoms with Gasteiger partial charge in [0.25, 0.3) is 0 Å². The normalized spacial score (nSPS) is 23.1. The molecule has 3 nitrogen and oxygen atoms in total. The predicted molar refractivity (Wildman–Crippen MR) is 84.1 cm³/mol. The maximum atomic E-state index is 4.85. The summed E-state index contributed by atoms with van der Waals surface area (Å²) in [6, 6.07) is 5.25. The van der Waals surface area contributed by atoms with Gasteiger partial charge in [-0.2, -0.15) is 0 Å². The average molecular weight is 273 g/mol. The minimum absolute atomic E-state index is 0.765. The SMILES string of the molecule is CCC1CCCN(c2ccc(CNC3CC3)c(C)n2)C1. The Morgan fingerprint density at radius 3 is 2.85 bits per heavy atom. The Bertz CT molecular complexity index is 454. The van der Waals surface area contributed by atoms with Crippen molar-refractivity contribution in [3.63, 3.8) is 0 Å². The first-order valence-electron chi connectivity index (χ1n) is 8.21. The van der Waals surface area contributed by atoms with Crippen LogP contribution >= 0.6 is 0 Å². The van der Waals surface area contributed by atoms with E-state index in [0.717, 1.165) is 18.5 Å². The Morgan fingerprint density at radius 2 is 2.15 bits per heavy atom. The Labute approximate surface area is 122 Å². The zero-order valence-corrected chi connectivity index (χ0v) is 12.9. The van der Waals surface area contributed by atoms with Gasteiger partial charge in [0.15, 0.2) is 0 Å². The molecule has 1 N–H and O–H groups in total. The largest absolute Gasteiger partial charge is 0.356 e. The van der Waals surface area contributed by atoms with Crippen molar-refractivity contribution in [1.29, 1.82) is 0 Å². The predicted octanol–water partition coefficient (Wildman–Crippen LogP) is 3.27. The van der Waals surface area contributed by atoms with E-state index < -0.39 is 0 Å². The van der Waals surface area contributed by atoms with Crippen LogP contribution in [0.2, 0.25) is 0 Å². The molecule has 3 heteroatoms. The fraction of sp³-hybridized carbons (Fsp3) is 0.706. The van der Waals surface area contributed by atoms with Crippen LogP contribution in [0.5, 0.6) is 0 Å². The Kier molecular flexibility index (Phi) is 4.25. The fourth-order valence-corrected chi connectivity index (χ4v) is 3.09. The number of nitrogens with one attached hydrogen (secondary N) is 1. The first kappa shape index (κ1) is 13.9. The fourth-order valence-electron chi connectivity index (χ4n) is 3.09. The molecule has 1 unspecified atom stereocenters. The molecule has 3 rings (SSSR count). The zero-order valence-electron chi connectivity index (χ0n) is 12.9. The van der Waals surface area contributed by atoms with E-state index in [0.29, 0.717) is 0 Å². The molecule has 2 aliphatic rings. The monoisotopic (exact) mass is 273 g/mol. The quantitative estimate of drug-likeness (QED) is 0.892. The van der Waals surface area contributed by atoms with E-state index in [2.05, 4.69) is 36.2 Å². The van der Waals surface area contributed by atoms with Crippen molar-refractivity contribution in [1.82, 2.24) is 10.3 Å². The van der Waals surface area contributed by atoms with Gasteiger partial charge < -0.3 is 10.2 Å². The molecule has 1 aromatic heterocycles. The van der Waals surface area contributed by atoms with Gasteiger partial charge in [0.05, 0.1) is 0 Å². The minimum Gasteiger partial charge on any atom is -0.356 e. The Morgan fingerprint density at radius 1 is 1.30 bits per heavy atom. The highest BCUT2D eigenvalue weighted by molar-refractivity contribution is 5.42. The number of aromatic nitrogens is 1. The minimum atomic E-state index is 0.765. The number of rotatable bonds is 5. The molecule has 0 aromatic carbocycles. The number of aryl methyl sites for hydroxylation is 1. The van der Waals surface area contributed by atoms with Gasteiger partial charge in [0.1, 0.15) is 5.82 Å². The summed E-state index contributed by atoms with van der Waals surface area (Å²) in [5.41, 5.74) is 2.54. The lowest BCUT2D eigenvalue weighted by atomic mass is 9.95. The maximum Gasteiger partial charge on any atom is 0.128 e. The summed E-state index contributed by atoms with van der Waals surface area (Å²) in [5.74, 6) is 2.03. The highest BCUT2D eigenvalue weighted by Crippen LogP contribution is 2.25. The van der Waals surface area contributed by atoms with Crippen LogP contribution in [-0.4, -0.2) is 24.1 Å². The number of nitrogens with zero attached hydrogens (tertiary/aromatic N) is 2. The molecule has 0 spiro atoms. The molecular weight excluding hydrogens is 246 g/mol. The van der Waals surface area contributed by atoms with Crippen LogP contribution in [-0.2, 0) is 6.54 Å². The summed E-state index contributed by atoms with van der Waals surface area (Å²) < 4.78 is 0. The van der Waals surface area contributed by atoms with Crippen molar-refractivity contribution in [2.75, 3.05) is 18.0 Å². The third-order valence-corrected chi connectivity index (χ3v) is 4.76. The third-order valence-electron chi connectivity index (χ3n) is 4.76. The zero-order chi connectivity index (χ0) is 13.9. The van der Waals surface area contributed by atoms with Crippen molar-refractivity contribution < 1.29 is 0 Å². The average Bonchev–Trinajstić information content (AvgIpc) is 3.30. The van der Waals surface area contributed by atoms with Crippen molar-refractivity contribution in [3.8, 4) is 0 Å². The van der Waals surface area contributed by atoms with Gasteiger partial charge in [-0.15, -0.1) is 0 Å². The van der Waals surface area contributed by atoms with Gasteiger partial charge in [-0.3, -0.25) is 0 Å². The smallest absolute Gasteiger partial charge is 0.128 e. The molecule has 1 aliphatic carbocycles. The second kappa shape index (κ2) is 6.13. The van der Waals surface area contributed by atoms with E-state index in [-0.39, 0.29) is 0 Å². The topological polar surface area (TPSA) is 28.2 Å². The second-order valence-corrected chi connectivity index (χ2v) is 6.43.